The number of amides is 1. The highest BCUT2D eigenvalue weighted by molar-refractivity contribution is 5.82. The molecule has 0 fully saturated rings. The van der Waals surface area contributed by atoms with Crippen LogP contribution in [-0.4, -0.2) is 29.9 Å². The molecule has 19 heavy (non-hydrogen) atoms. The van der Waals surface area contributed by atoms with Crippen LogP contribution in [0.15, 0.2) is 30.3 Å². The molecule has 1 rings (SSSR count). The second-order valence-corrected chi connectivity index (χ2v) is 4.38. The summed E-state index contributed by atoms with van der Waals surface area (Å²) in [5, 5.41) is 12.0. The van der Waals surface area contributed by atoms with E-state index >= 15 is 0 Å². The molecule has 0 radical (unpaired) electrons. The fourth-order valence-corrected chi connectivity index (χ4v) is 2.04. The molecule has 0 bridgehead atoms. The van der Waals surface area contributed by atoms with Crippen molar-refractivity contribution in [2.45, 2.75) is 32.9 Å². The summed E-state index contributed by atoms with van der Waals surface area (Å²) in [6.07, 6.45) is 0. The third kappa shape index (κ3) is 4.08. The first-order valence-electron chi connectivity index (χ1n) is 6.63. The van der Waals surface area contributed by atoms with Crippen molar-refractivity contribution in [1.29, 1.82) is 5.26 Å². The molecular weight excluding hydrogens is 238 g/mol. The minimum absolute atomic E-state index is 0.112. The van der Waals surface area contributed by atoms with Crippen LogP contribution in [0.5, 0.6) is 0 Å². The molecule has 4 heteroatoms. The van der Waals surface area contributed by atoms with Gasteiger partial charge in [-0.1, -0.05) is 44.2 Å². The van der Waals surface area contributed by atoms with E-state index < -0.39 is 6.04 Å². The minimum atomic E-state index is -0.591. The monoisotopic (exact) mass is 259 g/mol. The molecule has 0 spiro atoms. The highest BCUT2D eigenvalue weighted by atomic mass is 16.2. The molecule has 0 aliphatic carbocycles. The van der Waals surface area contributed by atoms with Gasteiger partial charge in [0.1, 0.15) is 6.04 Å². The van der Waals surface area contributed by atoms with Crippen molar-refractivity contribution in [3.63, 3.8) is 0 Å². The van der Waals surface area contributed by atoms with E-state index in [0.29, 0.717) is 0 Å². The lowest BCUT2D eigenvalue weighted by atomic mass is 10.1. The van der Waals surface area contributed by atoms with Crippen molar-refractivity contribution >= 4 is 5.91 Å². The van der Waals surface area contributed by atoms with Gasteiger partial charge in [0.05, 0.1) is 12.1 Å². The van der Waals surface area contributed by atoms with Crippen molar-refractivity contribution in [2.24, 2.45) is 0 Å². The van der Waals surface area contributed by atoms with Crippen LogP contribution in [0.25, 0.3) is 0 Å². The standard InChI is InChI=1S/C15H21N3O/c1-4-18(5-2)12(3)15(19)17-14(11-16)13-9-7-6-8-10-13/h6-10,12,14H,4-5H2,1-3H3,(H,17,19). The van der Waals surface area contributed by atoms with E-state index in [1.165, 1.54) is 0 Å². The Morgan fingerprint density at radius 2 is 1.89 bits per heavy atom. The van der Waals surface area contributed by atoms with E-state index in [2.05, 4.69) is 16.3 Å². The zero-order valence-corrected chi connectivity index (χ0v) is 11.8. The predicted octanol–water partition coefficient (Wildman–Crippen LogP) is 2.10. The molecule has 0 saturated heterocycles. The lowest BCUT2D eigenvalue weighted by Crippen LogP contribution is -2.45. The Hall–Kier alpha value is -1.86. The number of carbonyl (C=O) groups is 1. The molecule has 0 saturated carbocycles. The van der Waals surface area contributed by atoms with Gasteiger partial charge in [-0.25, -0.2) is 0 Å². The maximum atomic E-state index is 12.1. The van der Waals surface area contributed by atoms with Gasteiger partial charge in [0.25, 0.3) is 0 Å². The summed E-state index contributed by atoms with van der Waals surface area (Å²) in [6.45, 7) is 7.53. The number of benzene rings is 1. The van der Waals surface area contributed by atoms with Crippen LogP contribution in [0.2, 0.25) is 0 Å². The fraction of sp³-hybridized carbons (Fsp3) is 0.467. The molecule has 1 aromatic rings. The third-order valence-corrected chi connectivity index (χ3v) is 3.29. The van der Waals surface area contributed by atoms with Crippen LogP contribution in [0.1, 0.15) is 32.4 Å². The molecule has 1 aromatic carbocycles. The Labute approximate surface area is 115 Å². The first kappa shape index (κ1) is 15.2. The van der Waals surface area contributed by atoms with Crippen molar-refractivity contribution in [3.8, 4) is 6.07 Å². The number of nitrogens with one attached hydrogen (secondary N) is 1. The summed E-state index contributed by atoms with van der Waals surface area (Å²) in [6, 6.07) is 10.6. The van der Waals surface area contributed by atoms with E-state index in [4.69, 9.17) is 0 Å². The Kier molecular flexibility index (Phi) is 6.04. The van der Waals surface area contributed by atoms with E-state index in [9.17, 15) is 10.1 Å². The number of nitriles is 1. The second-order valence-electron chi connectivity index (χ2n) is 4.38. The molecule has 2 unspecified atom stereocenters. The summed E-state index contributed by atoms with van der Waals surface area (Å²) in [5.74, 6) is -0.112. The second kappa shape index (κ2) is 7.55. The summed E-state index contributed by atoms with van der Waals surface area (Å²) in [5.41, 5.74) is 0.810. The first-order chi connectivity index (χ1) is 9.13. The molecule has 1 N–H and O–H groups in total. The van der Waals surface area contributed by atoms with Crippen LogP contribution in [0.3, 0.4) is 0 Å². The van der Waals surface area contributed by atoms with Gasteiger partial charge in [0.2, 0.25) is 5.91 Å². The SMILES string of the molecule is CCN(CC)C(C)C(=O)NC(C#N)c1ccccc1. The lowest BCUT2D eigenvalue weighted by molar-refractivity contribution is -0.126. The van der Waals surface area contributed by atoms with Gasteiger partial charge in [-0.3, -0.25) is 9.69 Å². The fourth-order valence-electron chi connectivity index (χ4n) is 2.04. The van der Waals surface area contributed by atoms with Crippen molar-refractivity contribution < 1.29 is 4.79 Å². The third-order valence-electron chi connectivity index (χ3n) is 3.29. The van der Waals surface area contributed by atoms with E-state index in [1.807, 2.05) is 51.1 Å². The quantitative estimate of drug-likeness (QED) is 0.851. The molecule has 0 aromatic heterocycles. The Morgan fingerprint density at radius 3 is 2.37 bits per heavy atom. The zero-order chi connectivity index (χ0) is 14.3. The van der Waals surface area contributed by atoms with Crippen molar-refractivity contribution in [1.82, 2.24) is 10.2 Å². The van der Waals surface area contributed by atoms with Crippen LogP contribution in [0, 0.1) is 11.3 Å². The summed E-state index contributed by atoms with van der Waals surface area (Å²) in [4.78, 5) is 14.2. The highest BCUT2D eigenvalue weighted by Crippen LogP contribution is 2.12. The number of nitrogens with zero attached hydrogens (tertiary/aromatic N) is 2. The van der Waals surface area contributed by atoms with Crippen LogP contribution < -0.4 is 5.32 Å². The molecule has 102 valence electrons. The first-order valence-corrected chi connectivity index (χ1v) is 6.63. The van der Waals surface area contributed by atoms with E-state index in [1.54, 1.807) is 0 Å². The maximum absolute atomic E-state index is 12.1. The molecule has 0 aliphatic rings. The number of carbonyl (C=O) groups excluding carboxylic acids is 1. The molecule has 0 heterocycles. The maximum Gasteiger partial charge on any atom is 0.238 e. The Balaban J connectivity index is 2.72. The van der Waals surface area contributed by atoms with Crippen LogP contribution in [0.4, 0.5) is 0 Å². The topological polar surface area (TPSA) is 56.1 Å². The average molecular weight is 259 g/mol. The van der Waals surface area contributed by atoms with E-state index in [-0.39, 0.29) is 11.9 Å². The largest absolute Gasteiger partial charge is 0.335 e. The molecule has 4 nitrogen and oxygen atoms in total. The average Bonchev–Trinajstić information content (AvgIpc) is 2.46. The van der Waals surface area contributed by atoms with Gasteiger partial charge in [0, 0.05) is 0 Å². The Bertz CT molecular complexity index is 434. The summed E-state index contributed by atoms with van der Waals surface area (Å²) in [7, 11) is 0. The number of hydrogen-bond donors (Lipinski definition) is 1. The molecular formula is C15H21N3O. The molecule has 1 amide bonds. The molecule has 0 aliphatic heterocycles. The van der Waals surface area contributed by atoms with Gasteiger partial charge in [-0.15, -0.1) is 0 Å². The number of hydrogen-bond acceptors (Lipinski definition) is 3. The smallest absolute Gasteiger partial charge is 0.238 e. The van der Waals surface area contributed by atoms with Gasteiger partial charge >= 0.3 is 0 Å². The normalized spacial score (nSPS) is 13.6. The highest BCUT2D eigenvalue weighted by Gasteiger charge is 2.22. The van der Waals surface area contributed by atoms with Gasteiger partial charge in [-0.05, 0) is 25.6 Å². The van der Waals surface area contributed by atoms with Gasteiger partial charge < -0.3 is 5.32 Å². The van der Waals surface area contributed by atoms with Gasteiger partial charge in [-0.2, -0.15) is 5.26 Å². The number of likely N-dealkylation sites (N-methyl/N-ethyl adjacent to an activating group) is 1. The van der Waals surface area contributed by atoms with E-state index in [0.717, 1.165) is 18.7 Å². The van der Waals surface area contributed by atoms with Crippen molar-refractivity contribution in [2.75, 3.05) is 13.1 Å². The summed E-state index contributed by atoms with van der Waals surface area (Å²) < 4.78 is 0. The Morgan fingerprint density at radius 1 is 1.32 bits per heavy atom. The lowest BCUT2D eigenvalue weighted by Gasteiger charge is -2.26. The summed E-state index contributed by atoms with van der Waals surface area (Å²) >= 11 is 0. The van der Waals surface area contributed by atoms with Gasteiger partial charge in [0.15, 0.2) is 0 Å². The minimum Gasteiger partial charge on any atom is -0.335 e. The van der Waals surface area contributed by atoms with Crippen LogP contribution >= 0.6 is 0 Å². The number of rotatable bonds is 6. The van der Waals surface area contributed by atoms with Crippen molar-refractivity contribution in [3.05, 3.63) is 35.9 Å². The zero-order valence-electron chi connectivity index (χ0n) is 11.8. The molecule has 2 atom stereocenters. The predicted molar refractivity (Wildman–Crippen MR) is 75.3 cm³/mol. The van der Waals surface area contributed by atoms with Crippen LogP contribution in [-0.2, 0) is 4.79 Å².